The lowest BCUT2D eigenvalue weighted by atomic mass is 10.2. The van der Waals surface area contributed by atoms with Crippen molar-refractivity contribution in [1.82, 2.24) is 19.8 Å². The Balaban J connectivity index is 1.93. The largest absolute Gasteiger partial charge is 0.444 e. The number of rotatable bonds is 2. The first-order valence-corrected chi connectivity index (χ1v) is 7.81. The molecule has 1 atom stereocenters. The molecule has 7 heteroatoms. The van der Waals surface area contributed by atoms with Gasteiger partial charge in [0, 0.05) is 44.6 Å². The molecule has 1 saturated heterocycles. The number of ether oxygens (including phenoxy) is 1. The molecule has 1 aromatic heterocycles. The maximum Gasteiger partial charge on any atom is 0.410 e. The molecule has 0 saturated carbocycles. The van der Waals surface area contributed by atoms with E-state index in [1.165, 1.54) is 0 Å². The van der Waals surface area contributed by atoms with Gasteiger partial charge < -0.3 is 9.64 Å². The van der Waals surface area contributed by atoms with Crippen molar-refractivity contribution in [3.05, 3.63) is 23.2 Å². The molecule has 2 heterocycles. The number of aromatic nitrogens is 2. The number of hydrogen-bond acceptors (Lipinski definition) is 5. The van der Waals surface area contributed by atoms with Crippen LogP contribution >= 0.6 is 11.6 Å². The van der Waals surface area contributed by atoms with Crippen LogP contribution in [0.15, 0.2) is 12.4 Å². The Bertz CT molecular complexity index is 533. The summed E-state index contributed by atoms with van der Waals surface area (Å²) in [5.74, 6) is 0. The summed E-state index contributed by atoms with van der Waals surface area (Å²) >= 11 is 6.06. The fourth-order valence-corrected chi connectivity index (χ4v) is 2.54. The highest BCUT2D eigenvalue weighted by molar-refractivity contribution is 6.29. The third kappa shape index (κ3) is 4.55. The third-order valence-electron chi connectivity index (χ3n) is 3.49. The topological polar surface area (TPSA) is 58.6 Å². The second-order valence-corrected chi connectivity index (χ2v) is 6.90. The summed E-state index contributed by atoms with van der Waals surface area (Å²) in [5, 5.41) is 0.435. The molecule has 0 N–H and O–H groups in total. The first-order chi connectivity index (χ1) is 10.3. The van der Waals surface area contributed by atoms with Gasteiger partial charge in [-0.15, -0.1) is 0 Å². The molecule has 2 rings (SSSR count). The van der Waals surface area contributed by atoms with Gasteiger partial charge >= 0.3 is 6.09 Å². The fourth-order valence-electron chi connectivity index (χ4n) is 2.37. The van der Waals surface area contributed by atoms with Crippen LogP contribution in [0.25, 0.3) is 0 Å². The van der Waals surface area contributed by atoms with E-state index in [0.717, 1.165) is 12.2 Å². The monoisotopic (exact) mass is 326 g/mol. The first-order valence-electron chi connectivity index (χ1n) is 7.43. The van der Waals surface area contributed by atoms with Crippen LogP contribution in [0.1, 0.15) is 33.4 Å². The van der Waals surface area contributed by atoms with E-state index in [0.29, 0.717) is 24.8 Å². The Labute approximate surface area is 136 Å². The molecule has 1 aliphatic rings. The molecule has 1 aromatic rings. The highest BCUT2D eigenvalue weighted by Crippen LogP contribution is 2.18. The Morgan fingerprint density at radius 1 is 1.36 bits per heavy atom. The number of hydrogen-bond donors (Lipinski definition) is 0. The Morgan fingerprint density at radius 3 is 2.64 bits per heavy atom. The van der Waals surface area contributed by atoms with Gasteiger partial charge in [0.05, 0.1) is 5.69 Å². The summed E-state index contributed by atoms with van der Waals surface area (Å²) in [6, 6.07) is 0.208. The van der Waals surface area contributed by atoms with E-state index in [-0.39, 0.29) is 12.1 Å². The van der Waals surface area contributed by atoms with Crippen molar-refractivity contribution in [2.45, 2.75) is 45.9 Å². The van der Waals surface area contributed by atoms with E-state index in [9.17, 15) is 4.79 Å². The molecule has 0 radical (unpaired) electrons. The third-order valence-corrected chi connectivity index (χ3v) is 3.81. The molecular weight excluding hydrogens is 304 g/mol. The van der Waals surface area contributed by atoms with Crippen molar-refractivity contribution >= 4 is 17.7 Å². The average Bonchev–Trinajstić information content (AvgIpc) is 2.41. The molecule has 122 valence electrons. The van der Waals surface area contributed by atoms with Crippen LogP contribution in [0.5, 0.6) is 0 Å². The smallest absolute Gasteiger partial charge is 0.410 e. The zero-order valence-corrected chi connectivity index (χ0v) is 14.3. The van der Waals surface area contributed by atoms with E-state index < -0.39 is 5.60 Å². The number of nitrogens with zero attached hydrogens (tertiary/aromatic N) is 4. The van der Waals surface area contributed by atoms with E-state index in [2.05, 4.69) is 21.8 Å². The normalized spacial score (nSPS) is 20.0. The van der Waals surface area contributed by atoms with E-state index in [1.807, 2.05) is 20.8 Å². The highest BCUT2D eigenvalue weighted by atomic mass is 35.5. The Kier molecular flexibility index (Phi) is 5.24. The van der Waals surface area contributed by atoms with Gasteiger partial charge in [-0.1, -0.05) is 11.6 Å². The molecule has 0 aromatic carbocycles. The van der Waals surface area contributed by atoms with Gasteiger partial charge in [-0.05, 0) is 27.7 Å². The van der Waals surface area contributed by atoms with Gasteiger partial charge in [0.25, 0.3) is 0 Å². The predicted molar refractivity (Wildman–Crippen MR) is 84.7 cm³/mol. The molecule has 22 heavy (non-hydrogen) atoms. The number of halogens is 1. The zero-order valence-electron chi connectivity index (χ0n) is 13.5. The summed E-state index contributed by atoms with van der Waals surface area (Å²) in [5.41, 5.74) is 0.298. The minimum Gasteiger partial charge on any atom is -0.444 e. The van der Waals surface area contributed by atoms with Gasteiger partial charge in [-0.2, -0.15) is 0 Å². The van der Waals surface area contributed by atoms with Crippen molar-refractivity contribution < 1.29 is 9.53 Å². The van der Waals surface area contributed by atoms with Crippen LogP contribution in [-0.4, -0.2) is 57.1 Å². The molecular formula is C15H23ClN4O2. The fraction of sp³-hybridized carbons (Fsp3) is 0.667. The van der Waals surface area contributed by atoms with E-state index >= 15 is 0 Å². The first kappa shape index (κ1) is 17.0. The van der Waals surface area contributed by atoms with Crippen molar-refractivity contribution in [3.63, 3.8) is 0 Å². The van der Waals surface area contributed by atoms with E-state index in [4.69, 9.17) is 16.3 Å². The quantitative estimate of drug-likeness (QED) is 0.836. The van der Waals surface area contributed by atoms with Crippen LogP contribution in [0.2, 0.25) is 5.15 Å². The highest BCUT2D eigenvalue weighted by Gasteiger charge is 2.30. The van der Waals surface area contributed by atoms with Gasteiger partial charge in [-0.25, -0.2) is 9.78 Å². The number of carbonyl (C=O) groups is 1. The van der Waals surface area contributed by atoms with Gasteiger partial charge in [-0.3, -0.25) is 9.88 Å². The van der Waals surface area contributed by atoms with Gasteiger partial charge in [0.2, 0.25) is 0 Å². The molecule has 6 nitrogen and oxygen atoms in total. The Hall–Kier alpha value is -1.40. The van der Waals surface area contributed by atoms with Gasteiger partial charge in [0.1, 0.15) is 5.60 Å². The molecule has 0 spiro atoms. The van der Waals surface area contributed by atoms with Gasteiger partial charge in [0.15, 0.2) is 5.15 Å². The molecule has 1 fully saturated rings. The molecule has 1 aliphatic heterocycles. The maximum absolute atomic E-state index is 12.1. The molecule has 1 amide bonds. The molecule has 0 aliphatic carbocycles. The van der Waals surface area contributed by atoms with Crippen molar-refractivity contribution in [1.29, 1.82) is 0 Å². The lowest BCUT2D eigenvalue weighted by molar-refractivity contribution is 0.00443. The predicted octanol–water partition coefficient (Wildman–Crippen LogP) is 2.57. The van der Waals surface area contributed by atoms with Crippen molar-refractivity contribution in [2.24, 2.45) is 0 Å². The molecule has 1 unspecified atom stereocenters. The average molecular weight is 327 g/mol. The minimum atomic E-state index is -0.468. The number of amides is 1. The summed E-state index contributed by atoms with van der Waals surface area (Å²) in [4.78, 5) is 24.4. The number of carbonyl (C=O) groups excluding carboxylic acids is 1. The van der Waals surface area contributed by atoms with Crippen LogP contribution < -0.4 is 0 Å². The second-order valence-electron chi connectivity index (χ2n) is 6.54. The summed E-state index contributed by atoms with van der Waals surface area (Å²) in [6.45, 7) is 10.4. The van der Waals surface area contributed by atoms with Crippen LogP contribution in [-0.2, 0) is 11.3 Å². The van der Waals surface area contributed by atoms with Crippen molar-refractivity contribution in [3.8, 4) is 0 Å². The summed E-state index contributed by atoms with van der Waals surface area (Å²) in [7, 11) is 0. The Morgan fingerprint density at radius 2 is 2.05 bits per heavy atom. The number of piperazine rings is 1. The maximum atomic E-state index is 12.1. The standard InChI is InChI=1S/C15H23ClN4O2/c1-11-9-20(14(21)22-15(2,3)4)8-7-19(11)10-12-13(16)18-6-5-17-12/h5-6,11H,7-10H2,1-4H3. The SMILES string of the molecule is CC1CN(C(=O)OC(C)(C)C)CCN1Cc1nccnc1Cl. The second kappa shape index (κ2) is 6.79. The summed E-state index contributed by atoms with van der Waals surface area (Å²) in [6.07, 6.45) is 2.97. The lowest BCUT2D eigenvalue weighted by Crippen LogP contribution is -2.54. The van der Waals surface area contributed by atoms with Crippen LogP contribution in [0.3, 0.4) is 0 Å². The van der Waals surface area contributed by atoms with Crippen LogP contribution in [0, 0.1) is 0 Å². The summed E-state index contributed by atoms with van der Waals surface area (Å²) < 4.78 is 5.42. The van der Waals surface area contributed by atoms with E-state index in [1.54, 1.807) is 17.3 Å². The lowest BCUT2D eigenvalue weighted by Gasteiger charge is -2.40. The van der Waals surface area contributed by atoms with Crippen molar-refractivity contribution in [2.75, 3.05) is 19.6 Å². The minimum absolute atomic E-state index is 0.208. The van der Waals surface area contributed by atoms with Crippen LogP contribution in [0.4, 0.5) is 4.79 Å². The zero-order chi connectivity index (χ0) is 16.3. The molecule has 0 bridgehead atoms.